The number of aromatic nitrogens is 2. The summed E-state index contributed by atoms with van der Waals surface area (Å²) >= 11 is 0. The van der Waals surface area contributed by atoms with E-state index >= 15 is 0 Å². The maximum Gasteiger partial charge on any atom is 0.252 e. The maximum absolute atomic E-state index is 11.0. The molecule has 0 aromatic carbocycles. The van der Waals surface area contributed by atoms with Crippen molar-refractivity contribution in [2.24, 2.45) is 11.3 Å². The second kappa shape index (κ2) is 4.47. The van der Waals surface area contributed by atoms with Crippen molar-refractivity contribution in [3.05, 3.63) is 22.7 Å². The van der Waals surface area contributed by atoms with Crippen LogP contribution < -0.4 is 10.9 Å². The van der Waals surface area contributed by atoms with E-state index in [1.54, 1.807) is 0 Å². The first kappa shape index (κ1) is 11.8. The summed E-state index contributed by atoms with van der Waals surface area (Å²) in [5, 5.41) is 3.18. The molecule has 0 saturated carbocycles. The number of hydrogen-bond acceptors (Lipinski definition) is 3. The molecule has 1 aromatic rings. The van der Waals surface area contributed by atoms with Crippen molar-refractivity contribution in [3.63, 3.8) is 0 Å². The fraction of sp³-hybridized carbons (Fsp3) is 0.636. The van der Waals surface area contributed by atoms with Crippen LogP contribution in [-0.4, -0.2) is 16.5 Å². The highest BCUT2D eigenvalue weighted by Gasteiger charge is 2.21. The zero-order valence-corrected chi connectivity index (χ0v) is 9.79. The molecule has 2 N–H and O–H groups in total. The Morgan fingerprint density at radius 2 is 2.20 bits per heavy atom. The minimum atomic E-state index is -0.130. The van der Waals surface area contributed by atoms with Crippen molar-refractivity contribution in [1.82, 2.24) is 9.97 Å². The van der Waals surface area contributed by atoms with E-state index in [0.29, 0.717) is 11.7 Å². The first-order valence-electron chi connectivity index (χ1n) is 5.20. The molecule has 0 aliphatic rings. The molecule has 0 atom stereocenters. The topological polar surface area (TPSA) is 57.8 Å². The smallest absolute Gasteiger partial charge is 0.252 e. The number of rotatable bonds is 4. The first-order valence-corrected chi connectivity index (χ1v) is 5.20. The predicted octanol–water partition coefficient (Wildman–Crippen LogP) is 1.86. The standard InChI is InChI=1S/C11H19N3O/c1-8(2)11(3,4)6-12-9-5-10(15)14-7-13-9/h5,7-8H,6H2,1-4H3,(H2,12,13,14,15). The van der Waals surface area contributed by atoms with Gasteiger partial charge < -0.3 is 10.3 Å². The van der Waals surface area contributed by atoms with Crippen LogP contribution in [0.2, 0.25) is 0 Å². The van der Waals surface area contributed by atoms with Gasteiger partial charge >= 0.3 is 0 Å². The molecule has 4 nitrogen and oxygen atoms in total. The van der Waals surface area contributed by atoms with E-state index in [1.165, 1.54) is 12.4 Å². The van der Waals surface area contributed by atoms with Crippen molar-refractivity contribution >= 4 is 5.82 Å². The lowest BCUT2D eigenvalue weighted by molar-refractivity contribution is 0.269. The molecule has 0 aliphatic carbocycles. The van der Waals surface area contributed by atoms with Gasteiger partial charge in [-0.25, -0.2) is 4.98 Å². The third-order valence-corrected chi connectivity index (χ3v) is 2.97. The molecule has 0 fully saturated rings. The van der Waals surface area contributed by atoms with Gasteiger partial charge in [-0.15, -0.1) is 0 Å². The second-order valence-electron chi connectivity index (χ2n) is 4.79. The summed E-state index contributed by atoms with van der Waals surface area (Å²) in [5.74, 6) is 1.21. The molecule has 84 valence electrons. The average Bonchev–Trinajstić information content (AvgIpc) is 2.15. The number of anilines is 1. The van der Waals surface area contributed by atoms with Crippen LogP contribution in [0.5, 0.6) is 0 Å². The monoisotopic (exact) mass is 209 g/mol. The minimum Gasteiger partial charge on any atom is -0.369 e. The Balaban J connectivity index is 2.61. The number of nitrogens with zero attached hydrogens (tertiary/aromatic N) is 1. The van der Waals surface area contributed by atoms with Gasteiger partial charge in [0.05, 0.1) is 6.33 Å². The zero-order chi connectivity index (χ0) is 11.5. The fourth-order valence-corrected chi connectivity index (χ4v) is 0.988. The molecule has 1 rings (SSSR count). The summed E-state index contributed by atoms with van der Waals surface area (Å²) in [6, 6.07) is 1.47. The summed E-state index contributed by atoms with van der Waals surface area (Å²) in [6.07, 6.45) is 1.41. The molecule has 0 bridgehead atoms. The Bertz CT molecular complexity index is 368. The molecule has 1 heterocycles. The molecule has 0 spiro atoms. The lowest BCUT2D eigenvalue weighted by Gasteiger charge is -2.29. The van der Waals surface area contributed by atoms with Gasteiger partial charge in [-0.2, -0.15) is 0 Å². The van der Waals surface area contributed by atoms with Gasteiger partial charge in [-0.1, -0.05) is 27.7 Å². The molecule has 0 amide bonds. The molecule has 4 heteroatoms. The third kappa shape index (κ3) is 3.38. The molecule has 0 aliphatic heterocycles. The van der Waals surface area contributed by atoms with E-state index in [2.05, 4.69) is 43.0 Å². The SMILES string of the molecule is CC(C)C(C)(C)CNc1cc(=O)[nH]cn1. The number of hydrogen-bond donors (Lipinski definition) is 2. The van der Waals surface area contributed by atoms with Crippen LogP contribution in [0.1, 0.15) is 27.7 Å². The summed E-state index contributed by atoms with van der Waals surface area (Å²) < 4.78 is 0. The normalized spacial score (nSPS) is 11.8. The first-order chi connectivity index (χ1) is 6.92. The van der Waals surface area contributed by atoms with Crippen LogP contribution in [0.4, 0.5) is 5.82 Å². The van der Waals surface area contributed by atoms with Crippen molar-refractivity contribution in [3.8, 4) is 0 Å². The summed E-state index contributed by atoms with van der Waals surface area (Å²) in [6.45, 7) is 9.57. The van der Waals surface area contributed by atoms with Crippen LogP contribution >= 0.6 is 0 Å². The summed E-state index contributed by atoms with van der Waals surface area (Å²) in [4.78, 5) is 17.5. The Labute approximate surface area is 90.1 Å². The Hall–Kier alpha value is -1.32. The second-order valence-corrected chi connectivity index (χ2v) is 4.79. The molecule has 0 saturated heterocycles. The summed E-state index contributed by atoms with van der Waals surface area (Å²) in [5.41, 5.74) is 0.0550. The van der Waals surface area contributed by atoms with Gasteiger partial charge in [-0.05, 0) is 11.3 Å². The molecule has 0 radical (unpaired) electrons. The maximum atomic E-state index is 11.0. The zero-order valence-electron chi connectivity index (χ0n) is 9.79. The Morgan fingerprint density at radius 3 is 2.73 bits per heavy atom. The highest BCUT2D eigenvalue weighted by atomic mass is 16.1. The quantitative estimate of drug-likeness (QED) is 0.795. The molecule has 1 aromatic heterocycles. The number of nitrogens with one attached hydrogen (secondary N) is 2. The van der Waals surface area contributed by atoms with E-state index < -0.39 is 0 Å². The van der Waals surface area contributed by atoms with Crippen LogP contribution in [0.25, 0.3) is 0 Å². The van der Waals surface area contributed by atoms with Crippen LogP contribution in [-0.2, 0) is 0 Å². The van der Waals surface area contributed by atoms with Crippen molar-refractivity contribution < 1.29 is 0 Å². The molecular weight excluding hydrogens is 190 g/mol. The fourth-order valence-electron chi connectivity index (χ4n) is 0.988. The van der Waals surface area contributed by atoms with Crippen LogP contribution in [0.3, 0.4) is 0 Å². The van der Waals surface area contributed by atoms with E-state index in [-0.39, 0.29) is 11.0 Å². The van der Waals surface area contributed by atoms with E-state index in [1.807, 2.05) is 0 Å². The van der Waals surface area contributed by atoms with Gasteiger partial charge in [0, 0.05) is 12.6 Å². The number of H-pyrrole nitrogens is 1. The van der Waals surface area contributed by atoms with Gasteiger partial charge in [0.2, 0.25) is 0 Å². The van der Waals surface area contributed by atoms with Crippen molar-refractivity contribution in [2.45, 2.75) is 27.7 Å². The van der Waals surface area contributed by atoms with Crippen molar-refractivity contribution in [1.29, 1.82) is 0 Å². The summed E-state index contributed by atoms with van der Waals surface area (Å²) in [7, 11) is 0. The van der Waals surface area contributed by atoms with Crippen molar-refractivity contribution in [2.75, 3.05) is 11.9 Å². The van der Waals surface area contributed by atoms with E-state index in [4.69, 9.17) is 0 Å². The molecule has 15 heavy (non-hydrogen) atoms. The van der Waals surface area contributed by atoms with E-state index in [9.17, 15) is 4.79 Å². The lowest BCUT2D eigenvalue weighted by atomic mass is 9.81. The van der Waals surface area contributed by atoms with Crippen LogP contribution in [0, 0.1) is 11.3 Å². The van der Waals surface area contributed by atoms with Gasteiger partial charge in [0.15, 0.2) is 0 Å². The lowest BCUT2D eigenvalue weighted by Crippen LogP contribution is -2.29. The Kier molecular flexibility index (Phi) is 3.50. The number of aromatic amines is 1. The Morgan fingerprint density at radius 1 is 1.53 bits per heavy atom. The van der Waals surface area contributed by atoms with Gasteiger partial charge in [0.1, 0.15) is 5.82 Å². The highest BCUT2D eigenvalue weighted by Crippen LogP contribution is 2.25. The predicted molar refractivity (Wildman–Crippen MR) is 62.0 cm³/mol. The highest BCUT2D eigenvalue weighted by molar-refractivity contribution is 5.31. The largest absolute Gasteiger partial charge is 0.369 e. The average molecular weight is 209 g/mol. The van der Waals surface area contributed by atoms with E-state index in [0.717, 1.165) is 6.54 Å². The third-order valence-electron chi connectivity index (χ3n) is 2.97. The molecular formula is C11H19N3O. The molecule has 0 unspecified atom stereocenters. The van der Waals surface area contributed by atoms with Gasteiger partial charge in [-0.3, -0.25) is 4.79 Å². The van der Waals surface area contributed by atoms with Gasteiger partial charge in [0.25, 0.3) is 5.56 Å². The minimum absolute atomic E-state index is 0.130. The van der Waals surface area contributed by atoms with Crippen LogP contribution in [0.15, 0.2) is 17.2 Å².